The average molecular weight is 604 g/mol. The molecule has 2 N–H and O–H groups in total. The minimum atomic E-state index is -4.95. The predicted octanol–water partition coefficient (Wildman–Crippen LogP) is 4.00. The van der Waals surface area contributed by atoms with Crippen LogP contribution in [0.25, 0.3) is 11.1 Å². The first-order valence-corrected chi connectivity index (χ1v) is 13.8. The molecule has 0 radical (unpaired) electrons. The number of alkyl halides is 3. The third-order valence-corrected chi connectivity index (χ3v) is 7.77. The summed E-state index contributed by atoms with van der Waals surface area (Å²) in [5.74, 6) is -1.26. The van der Waals surface area contributed by atoms with Crippen molar-refractivity contribution in [1.29, 1.82) is 0 Å². The number of aromatic amines is 1. The number of carbonyl (C=O) groups excluding carboxylic acids is 1. The molecular weight excluding hydrogens is 570 g/mol. The van der Waals surface area contributed by atoms with E-state index in [1.807, 2.05) is 37.6 Å². The first-order valence-electron chi connectivity index (χ1n) is 13.8. The van der Waals surface area contributed by atoms with Gasteiger partial charge in [0.15, 0.2) is 0 Å². The maximum absolute atomic E-state index is 15.7. The molecule has 2 aromatic heterocycles. The summed E-state index contributed by atoms with van der Waals surface area (Å²) in [6.45, 7) is 9.26. The third-order valence-electron chi connectivity index (χ3n) is 7.77. The molecule has 1 aromatic carbocycles. The second-order valence-electron chi connectivity index (χ2n) is 11.5. The van der Waals surface area contributed by atoms with Crippen molar-refractivity contribution in [2.45, 2.75) is 38.6 Å². The van der Waals surface area contributed by atoms with Gasteiger partial charge in [0.25, 0.3) is 5.91 Å². The Morgan fingerprint density at radius 2 is 1.84 bits per heavy atom. The van der Waals surface area contributed by atoms with E-state index in [4.69, 9.17) is 4.74 Å². The Morgan fingerprint density at radius 1 is 1.12 bits per heavy atom. The maximum atomic E-state index is 15.7. The number of benzene rings is 1. The fourth-order valence-electron chi connectivity index (χ4n) is 5.31. The summed E-state index contributed by atoms with van der Waals surface area (Å²) in [7, 11) is 1.96. The highest BCUT2D eigenvalue weighted by molar-refractivity contribution is 6.07. The number of hydrogen-bond acceptors (Lipinski definition) is 8. The van der Waals surface area contributed by atoms with Crippen LogP contribution in [-0.4, -0.2) is 83.8 Å². The second kappa shape index (κ2) is 11.6. The predicted molar refractivity (Wildman–Crippen MR) is 154 cm³/mol. The van der Waals surface area contributed by atoms with Gasteiger partial charge in [0.2, 0.25) is 11.5 Å². The number of nitrogens with one attached hydrogen (secondary N) is 2. The van der Waals surface area contributed by atoms with Crippen molar-refractivity contribution in [3.63, 3.8) is 0 Å². The fourth-order valence-corrected chi connectivity index (χ4v) is 5.31. The molecule has 3 aromatic rings. The molecule has 0 unspecified atom stereocenters. The Bertz CT molecular complexity index is 1560. The lowest BCUT2D eigenvalue weighted by Crippen LogP contribution is -2.50. The van der Waals surface area contributed by atoms with E-state index in [0.717, 1.165) is 6.20 Å². The van der Waals surface area contributed by atoms with Gasteiger partial charge in [-0.1, -0.05) is 0 Å². The van der Waals surface area contributed by atoms with Gasteiger partial charge < -0.3 is 29.7 Å². The molecule has 2 aliphatic heterocycles. The molecule has 0 saturated carbocycles. The van der Waals surface area contributed by atoms with Crippen molar-refractivity contribution >= 4 is 23.2 Å². The molecule has 5 rings (SSSR count). The summed E-state index contributed by atoms with van der Waals surface area (Å²) in [4.78, 5) is 41.8. The zero-order valence-electron chi connectivity index (χ0n) is 24.3. The smallest absolute Gasteiger partial charge is 0.372 e. The monoisotopic (exact) mass is 603 g/mol. The van der Waals surface area contributed by atoms with E-state index in [9.17, 15) is 22.8 Å². The van der Waals surface area contributed by atoms with Gasteiger partial charge in [-0.3, -0.25) is 9.59 Å². The molecule has 2 saturated heterocycles. The van der Waals surface area contributed by atoms with E-state index in [2.05, 4.69) is 25.2 Å². The van der Waals surface area contributed by atoms with Crippen LogP contribution in [-0.2, 0) is 10.9 Å². The molecule has 4 heterocycles. The molecule has 230 valence electrons. The molecule has 10 nitrogen and oxygen atoms in total. The maximum Gasteiger partial charge on any atom is 0.417 e. The van der Waals surface area contributed by atoms with Gasteiger partial charge in [-0.05, 0) is 40.0 Å². The minimum Gasteiger partial charge on any atom is -0.372 e. The van der Waals surface area contributed by atoms with Gasteiger partial charge in [-0.15, -0.1) is 0 Å². The van der Waals surface area contributed by atoms with Crippen LogP contribution in [0, 0.1) is 5.82 Å². The SMILES string of the molecule is C[C@H]1CN(c2cc(F)c(-c3cnc(N4CCOC(C)(C)C4)nc3)cc2NC(=O)c2c[nH]c(=O)cc2C(F)(F)F)CCN1C. The Hall–Kier alpha value is -4.04. The summed E-state index contributed by atoms with van der Waals surface area (Å²) in [6, 6.07) is 3.07. The van der Waals surface area contributed by atoms with Crippen molar-refractivity contribution < 1.29 is 27.1 Å². The van der Waals surface area contributed by atoms with Crippen molar-refractivity contribution in [3.05, 3.63) is 64.1 Å². The summed E-state index contributed by atoms with van der Waals surface area (Å²) >= 11 is 0. The Morgan fingerprint density at radius 3 is 2.49 bits per heavy atom. The largest absolute Gasteiger partial charge is 0.417 e. The second-order valence-corrected chi connectivity index (χ2v) is 11.5. The summed E-state index contributed by atoms with van der Waals surface area (Å²) in [5.41, 5.74) is -2.71. The van der Waals surface area contributed by atoms with E-state index in [1.54, 1.807) is 0 Å². The van der Waals surface area contributed by atoms with Crippen LogP contribution in [0.1, 0.15) is 36.7 Å². The number of nitrogens with zero attached hydrogens (tertiary/aromatic N) is 5. The number of piperazine rings is 1. The van der Waals surface area contributed by atoms with Crippen LogP contribution < -0.4 is 20.7 Å². The first-order chi connectivity index (χ1) is 20.2. The zero-order chi connectivity index (χ0) is 31.1. The minimum absolute atomic E-state index is 0.0626. The molecule has 0 aliphatic carbocycles. The van der Waals surface area contributed by atoms with Crippen LogP contribution in [0.15, 0.2) is 41.6 Å². The number of pyridine rings is 1. The molecular formula is C29H33F4N7O3. The van der Waals surface area contributed by atoms with Gasteiger partial charge in [-0.25, -0.2) is 14.4 Å². The molecule has 0 bridgehead atoms. The van der Waals surface area contributed by atoms with Gasteiger partial charge in [0, 0.05) is 74.5 Å². The Labute approximate surface area is 245 Å². The van der Waals surface area contributed by atoms with E-state index >= 15 is 4.39 Å². The number of anilines is 3. The first kappa shape index (κ1) is 30.4. The van der Waals surface area contributed by atoms with Crippen LogP contribution in [0.2, 0.25) is 0 Å². The Balaban J connectivity index is 1.52. The number of amides is 1. The Kier molecular flexibility index (Phi) is 8.18. The summed E-state index contributed by atoms with van der Waals surface area (Å²) in [5, 5.41) is 2.55. The van der Waals surface area contributed by atoms with Crippen molar-refractivity contribution in [2.24, 2.45) is 0 Å². The molecule has 1 atom stereocenters. The number of hydrogen-bond donors (Lipinski definition) is 2. The molecule has 0 spiro atoms. The van der Waals surface area contributed by atoms with Crippen LogP contribution in [0.5, 0.6) is 0 Å². The highest BCUT2D eigenvalue weighted by Gasteiger charge is 2.36. The highest BCUT2D eigenvalue weighted by Crippen LogP contribution is 2.37. The molecule has 2 aliphatic rings. The molecule has 14 heteroatoms. The average Bonchev–Trinajstić information content (AvgIpc) is 2.94. The number of likely N-dealkylation sites (N-methyl/N-ethyl adjacent to an activating group) is 1. The number of morpholine rings is 1. The lowest BCUT2D eigenvalue weighted by atomic mass is 10.0. The van der Waals surface area contributed by atoms with E-state index in [0.29, 0.717) is 62.6 Å². The van der Waals surface area contributed by atoms with E-state index < -0.39 is 34.6 Å². The third kappa shape index (κ3) is 6.64. The van der Waals surface area contributed by atoms with Gasteiger partial charge in [0.1, 0.15) is 5.82 Å². The van der Waals surface area contributed by atoms with Gasteiger partial charge in [-0.2, -0.15) is 13.2 Å². The molecule has 1 amide bonds. The molecule has 2 fully saturated rings. The number of rotatable bonds is 5. The number of aromatic nitrogens is 3. The summed E-state index contributed by atoms with van der Waals surface area (Å²) in [6.07, 6.45) is -1.28. The normalized spacial score (nSPS) is 19.4. The standard InChI is InChI=1S/C29H33F4N7O3/c1-17-15-39(6-5-38(17)4)24-11-22(30)19(18-12-35-27(36-13-18)40-7-8-43-28(2,3)16-40)9-23(24)37-26(42)20-14-34-25(41)10-21(20)29(31,32)33/h9-14,17H,5-8,15-16H2,1-4H3,(H,34,41)(H,37,42)/t17-/m0/s1. The highest BCUT2D eigenvalue weighted by atomic mass is 19.4. The van der Waals surface area contributed by atoms with Crippen molar-refractivity contribution in [2.75, 3.05) is 61.5 Å². The zero-order valence-corrected chi connectivity index (χ0v) is 24.3. The number of H-pyrrole nitrogens is 1. The van der Waals surface area contributed by atoms with Crippen LogP contribution in [0.4, 0.5) is 34.9 Å². The topological polar surface area (TPSA) is 107 Å². The quantitative estimate of drug-likeness (QED) is 0.422. The van der Waals surface area contributed by atoms with Gasteiger partial charge in [0.05, 0.1) is 34.7 Å². The number of carbonyl (C=O) groups is 1. The fraction of sp³-hybridized carbons (Fsp3) is 0.448. The van der Waals surface area contributed by atoms with Crippen molar-refractivity contribution in [3.8, 4) is 11.1 Å². The summed E-state index contributed by atoms with van der Waals surface area (Å²) < 4.78 is 62.6. The van der Waals surface area contributed by atoms with Crippen molar-refractivity contribution in [1.82, 2.24) is 19.9 Å². The number of halogens is 4. The molecule has 43 heavy (non-hydrogen) atoms. The van der Waals surface area contributed by atoms with Crippen LogP contribution >= 0.6 is 0 Å². The lowest BCUT2D eigenvalue weighted by molar-refractivity contribution is -0.138. The van der Waals surface area contributed by atoms with Crippen LogP contribution in [0.3, 0.4) is 0 Å². The van der Waals surface area contributed by atoms with E-state index in [1.165, 1.54) is 24.5 Å². The van der Waals surface area contributed by atoms with Gasteiger partial charge >= 0.3 is 6.18 Å². The lowest BCUT2D eigenvalue weighted by Gasteiger charge is -2.39. The number of ether oxygens (including phenoxy) is 1. The van der Waals surface area contributed by atoms with E-state index in [-0.39, 0.29) is 22.9 Å².